The van der Waals surface area contributed by atoms with Crippen molar-refractivity contribution in [2.24, 2.45) is 5.84 Å². The number of pyridine rings is 1. The highest BCUT2D eigenvalue weighted by Crippen LogP contribution is 2.31. The summed E-state index contributed by atoms with van der Waals surface area (Å²) in [5.74, 6) is 12.2. The fourth-order valence-electron chi connectivity index (χ4n) is 1.77. The van der Waals surface area contributed by atoms with Crippen LogP contribution in [-0.2, 0) is 0 Å². The highest BCUT2D eigenvalue weighted by Gasteiger charge is 2.11. The van der Waals surface area contributed by atoms with E-state index < -0.39 is 0 Å². The van der Waals surface area contributed by atoms with Crippen LogP contribution in [0.2, 0.25) is 0 Å². The number of methoxy groups -OCH3 is 2. The first-order valence-corrected chi connectivity index (χ1v) is 5.16. The molecule has 0 saturated carbocycles. The molecule has 0 bridgehead atoms. The molecular formula is C11H14N4O3. The Morgan fingerprint density at radius 2 is 1.78 bits per heavy atom. The summed E-state index contributed by atoms with van der Waals surface area (Å²) < 4.78 is 11.3. The molecule has 0 spiro atoms. The lowest BCUT2D eigenvalue weighted by molar-refractivity contribution is 0.356. The second-order valence-corrected chi connectivity index (χ2v) is 3.64. The lowest BCUT2D eigenvalue weighted by atomic mass is 10.1. The Morgan fingerprint density at radius 1 is 1.17 bits per heavy atom. The number of nitrogen functional groups attached to an aromatic ring is 2. The molecule has 0 aliphatic carbocycles. The Balaban J connectivity index is 2.85. The van der Waals surface area contributed by atoms with Gasteiger partial charge in [0.15, 0.2) is 11.5 Å². The molecule has 1 aromatic carbocycles. The van der Waals surface area contributed by atoms with Gasteiger partial charge in [-0.25, -0.2) is 10.5 Å². The lowest BCUT2D eigenvalue weighted by Crippen LogP contribution is -2.31. The van der Waals surface area contributed by atoms with Crippen molar-refractivity contribution in [3.05, 3.63) is 28.6 Å². The van der Waals surface area contributed by atoms with Crippen molar-refractivity contribution in [3.63, 3.8) is 0 Å². The van der Waals surface area contributed by atoms with Crippen LogP contribution in [0.1, 0.15) is 0 Å². The summed E-state index contributed by atoms with van der Waals surface area (Å²) in [6.45, 7) is 0. The van der Waals surface area contributed by atoms with Gasteiger partial charge in [-0.15, -0.1) is 0 Å². The van der Waals surface area contributed by atoms with Crippen LogP contribution in [0.4, 0.5) is 5.82 Å². The van der Waals surface area contributed by atoms with E-state index >= 15 is 0 Å². The highest BCUT2D eigenvalue weighted by molar-refractivity contribution is 5.87. The Hall–Kier alpha value is -2.41. The molecule has 0 unspecified atom stereocenters. The van der Waals surface area contributed by atoms with Gasteiger partial charge in [0, 0.05) is 0 Å². The SMILES string of the molecule is COc1cc2cc(NN)n(N)c(=O)c2cc1OC. The molecular weight excluding hydrogens is 236 g/mol. The van der Waals surface area contributed by atoms with Crippen molar-refractivity contribution in [3.8, 4) is 11.5 Å². The first kappa shape index (κ1) is 12.1. The molecule has 5 N–H and O–H groups in total. The number of nitrogens with zero attached hydrogens (tertiary/aromatic N) is 1. The minimum atomic E-state index is -0.374. The molecule has 96 valence electrons. The molecule has 0 aliphatic heterocycles. The van der Waals surface area contributed by atoms with E-state index in [4.69, 9.17) is 21.2 Å². The third kappa shape index (κ3) is 1.70. The number of ether oxygens (including phenoxy) is 2. The smallest absolute Gasteiger partial charge is 0.278 e. The minimum absolute atomic E-state index is 0.305. The van der Waals surface area contributed by atoms with Crippen molar-refractivity contribution in [1.29, 1.82) is 0 Å². The first-order chi connectivity index (χ1) is 8.62. The molecule has 2 aromatic rings. The van der Waals surface area contributed by atoms with E-state index in [1.165, 1.54) is 14.2 Å². The normalized spacial score (nSPS) is 10.4. The average Bonchev–Trinajstić information content (AvgIpc) is 2.41. The molecule has 0 radical (unpaired) electrons. The van der Waals surface area contributed by atoms with Crippen molar-refractivity contribution in [1.82, 2.24) is 4.68 Å². The quantitative estimate of drug-likeness (QED) is 0.524. The Kier molecular flexibility index (Phi) is 2.99. The number of hydrogen-bond acceptors (Lipinski definition) is 6. The maximum atomic E-state index is 12.0. The van der Waals surface area contributed by atoms with Gasteiger partial charge in [-0.05, 0) is 23.6 Å². The molecule has 7 nitrogen and oxygen atoms in total. The van der Waals surface area contributed by atoms with E-state index in [9.17, 15) is 4.79 Å². The van der Waals surface area contributed by atoms with Gasteiger partial charge in [0.2, 0.25) is 0 Å². The summed E-state index contributed by atoms with van der Waals surface area (Å²) in [7, 11) is 3.02. The van der Waals surface area contributed by atoms with Crippen LogP contribution >= 0.6 is 0 Å². The van der Waals surface area contributed by atoms with Gasteiger partial charge in [0.1, 0.15) is 5.82 Å². The fraction of sp³-hybridized carbons (Fsp3) is 0.182. The van der Waals surface area contributed by atoms with Gasteiger partial charge in [0.25, 0.3) is 5.56 Å². The summed E-state index contributed by atoms with van der Waals surface area (Å²) in [6, 6.07) is 4.93. The molecule has 0 atom stereocenters. The Morgan fingerprint density at radius 3 is 2.33 bits per heavy atom. The molecule has 18 heavy (non-hydrogen) atoms. The zero-order chi connectivity index (χ0) is 13.3. The number of nitrogens with two attached hydrogens (primary N) is 2. The van der Waals surface area contributed by atoms with Crippen LogP contribution in [0.3, 0.4) is 0 Å². The van der Waals surface area contributed by atoms with Gasteiger partial charge >= 0.3 is 0 Å². The fourth-order valence-corrected chi connectivity index (χ4v) is 1.77. The number of anilines is 1. The highest BCUT2D eigenvalue weighted by atomic mass is 16.5. The standard InChI is InChI=1S/C11H14N4O3/c1-17-8-3-6-4-10(14-12)15(13)11(16)7(6)5-9(8)18-2/h3-5,14H,12-13H2,1-2H3. The van der Waals surface area contributed by atoms with Gasteiger partial charge in [0.05, 0.1) is 19.6 Å². The van der Waals surface area contributed by atoms with Gasteiger partial charge in [-0.3, -0.25) is 4.79 Å². The second kappa shape index (κ2) is 4.46. The number of rotatable bonds is 3. The van der Waals surface area contributed by atoms with Crippen molar-refractivity contribution in [2.75, 3.05) is 25.5 Å². The summed E-state index contributed by atoms with van der Waals surface area (Å²) in [5, 5.41) is 1.08. The van der Waals surface area contributed by atoms with Gasteiger partial charge in [-0.1, -0.05) is 0 Å². The van der Waals surface area contributed by atoms with E-state index in [-0.39, 0.29) is 5.56 Å². The van der Waals surface area contributed by atoms with Crippen LogP contribution in [0.5, 0.6) is 11.5 Å². The molecule has 0 fully saturated rings. The number of aromatic nitrogens is 1. The molecule has 1 heterocycles. The second-order valence-electron chi connectivity index (χ2n) is 3.64. The third-order valence-electron chi connectivity index (χ3n) is 2.70. The molecule has 0 aliphatic rings. The maximum absolute atomic E-state index is 12.0. The topological polar surface area (TPSA) is 105 Å². The lowest BCUT2D eigenvalue weighted by Gasteiger charge is -2.12. The number of nitrogens with one attached hydrogen (secondary N) is 1. The number of hydrazine groups is 1. The van der Waals surface area contributed by atoms with E-state index in [0.29, 0.717) is 28.1 Å². The van der Waals surface area contributed by atoms with E-state index in [1.54, 1.807) is 18.2 Å². The monoisotopic (exact) mass is 250 g/mol. The van der Waals surface area contributed by atoms with Crippen LogP contribution in [0.15, 0.2) is 23.0 Å². The van der Waals surface area contributed by atoms with Crippen molar-refractivity contribution < 1.29 is 9.47 Å². The third-order valence-corrected chi connectivity index (χ3v) is 2.70. The van der Waals surface area contributed by atoms with E-state index in [2.05, 4.69) is 5.43 Å². The van der Waals surface area contributed by atoms with Crippen LogP contribution in [0, 0.1) is 0 Å². The van der Waals surface area contributed by atoms with Crippen molar-refractivity contribution >= 4 is 16.6 Å². The number of fused-ring (bicyclic) bond motifs is 1. The van der Waals surface area contributed by atoms with Gasteiger partial charge in [-0.2, -0.15) is 0 Å². The van der Waals surface area contributed by atoms with E-state index in [0.717, 1.165) is 4.68 Å². The summed E-state index contributed by atoms with van der Waals surface area (Å²) >= 11 is 0. The van der Waals surface area contributed by atoms with Crippen molar-refractivity contribution in [2.45, 2.75) is 0 Å². The van der Waals surface area contributed by atoms with Crippen LogP contribution < -0.4 is 32.1 Å². The molecule has 2 rings (SSSR count). The van der Waals surface area contributed by atoms with Crippen LogP contribution in [0.25, 0.3) is 10.8 Å². The molecule has 0 amide bonds. The minimum Gasteiger partial charge on any atom is -0.493 e. The predicted octanol–water partition coefficient (Wildman–Crippen LogP) is 0.0181. The summed E-state index contributed by atoms with van der Waals surface area (Å²) in [6.07, 6.45) is 0. The Labute approximate surface area is 103 Å². The van der Waals surface area contributed by atoms with Gasteiger partial charge < -0.3 is 20.7 Å². The summed E-state index contributed by atoms with van der Waals surface area (Å²) in [4.78, 5) is 12.0. The first-order valence-electron chi connectivity index (χ1n) is 5.16. The molecule has 1 aromatic heterocycles. The zero-order valence-electron chi connectivity index (χ0n) is 10.1. The molecule has 7 heteroatoms. The number of benzene rings is 1. The maximum Gasteiger partial charge on any atom is 0.278 e. The predicted molar refractivity (Wildman–Crippen MR) is 69.3 cm³/mol. The number of hydrogen-bond donors (Lipinski definition) is 3. The average molecular weight is 250 g/mol. The van der Waals surface area contributed by atoms with E-state index in [1.807, 2.05) is 0 Å². The summed E-state index contributed by atoms with van der Waals surface area (Å²) in [5.41, 5.74) is 1.99. The largest absolute Gasteiger partial charge is 0.493 e. The zero-order valence-corrected chi connectivity index (χ0v) is 10.1. The van der Waals surface area contributed by atoms with Crippen LogP contribution in [-0.4, -0.2) is 18.9 Å². The Bertz CT molecular complexity index is 651. The molecule has 0 saturated heterocycles.